The fraction of sp³-hybridized carbons (Fsp3) is 0.222. The van der Waals surface area contributed by atoms with E-state index in [1.165, 1.54) is 54.0 Å². The molecule has 0 radical (unpaired) electrons. The number of hydrogen-bond donors (Lipinski definition) is 0. The van der Waals surface area contributed by atoms with Crippen molar-refractivity contribution < 1.29 is 0 Å². The summed E-state index contributed by atoms with van der Waals surface area (Å²) in [6.45, 7) is 13.6. The summed E-state index contributed by atoms with van der Waals surface area (Å²) in [5.41, 5.74) is 12.0. The van der Waals surface area contributed by atoms with Crippen LogP contribution in [0.2, 0.25) is 0 Å². The lowest BCUT2D eigenvalue weighted by molar-refractivity contribution is 1.34. The van der Waals surface area contributed by atoms with Gasteiger partial charge in [0, 0.05) is 6.20 Å². The fourth-order valence-corrected chi connectivity index (χ4v) is 5.98. The van der Waals surface area contributed by atoms with E-state index in [2.05, 4.69) is 95.1 Å². The number of thiophene rings is 1. The van der Waals surface area contributed by atoms with E-state index in [0.717, 1.165) is 5.69 Å². The Balaban J connectivity index is 1.96. The van der Waals surface area contributed by atoms with Crippen LogP contribution < -0.4 is 15.7 Å². The van der Waals surface area contributed by atoms with E-state index in [9.17, 15) is 0 Å². The van der Waals surface area contributed by atoms with E-state index < -0.39 is 0 Å². The van der Waals surface area contributed by atoms with Crippen LogP contribution in [-0.4, -0.2) is 11.7 Å². The Hall–Kier alpha value is -2.65. The largest absolute Gasteiger partial charge is 0.255 e. The van der Waals surface area contributed by atoms with Gasteiger partial charge < -0.3 is 0 Å². The molecule has 0 N–H and O–H groups in total. The summed E-state index contributed by atoms with van der Waals surface area (Å²) in [4.78, 5) is 5.79. The molecule has 2 aromatic carbocycles. The highest BCUT2D eigenvalue weighted by molar-refractivity contribution is 7.29. The zero-order chi connectivity index (χ0) is 21.4. The van der Waals surface area contributed by atoms with Gasteiger partial charge >= 0.3 is 0 Å². The van der Waals surface area contributed by atoms with Gasteiger partial charge in [-0.25, -0.2) is 0 Å². The van der Waals surface area contributed by atoms with Crippen molar-refractivity contribution in [2.75, 3.05) is 0 Å². The lowest BCUT2D eigenvalue weighted by Crippen LogP contribution is -2.54. The molecule has 0 unspecified atom stereocenters. The lowest BCUT2D eigenvalue weighted by Gasteiger charge is -2.23. The lowest BCUT2D eigenvalue weighted by atomic mass is 9.37. The van der Waals surface area contributed by atoms with Crippen LogP contribution in [0.1, 0.15) is 33.4 Å². The van der Waals surface area contributed by atoms with Crippen LogP contribution in [0.5, 0.6) is 0 Å². The molecule has 2 heterocycles. The summed E-state index contributed by atoms with van der Waals surface area (Å²) in [5.74, 6) is 0. The number of pyridine rings is 1. The van der Waals surface area contributed by atoms with E-state index in [4.69, 9.17) is 0 Å². The summed E-state index contributed by atoms with van der Waals surface area (Å²) in [6.07, 6.45) is 1.87. The molecular weight excluding hydrogens is 381 g/mol. The van der Waals surface area contributed by atoms with Gasteiger partial charge in [0.25, 0.3) is 6.71 Å². The van der Waals surface area contributed by atoms with Crippen LogP contribution in [0.4, 0.5) is 0 Å². The van der Waals surface area contributed by atoms with Crippen molar-refractivity contribution in [1.82, 2.24) is 4.98 Å². The Kier molecular flexibility index (Phi) is 5.66. The van der Waals surface area contributed by atoms with Crippen LogP contribution in [0, 0.1) is 41.5 Å². The summed E-state index contributed by atoms with van der Waals surface area (Å²) in [7, 11) is 0. The van der Waals surface area contributed by atoms with Crippen LogP contribution in [-0.2, 0) is 0 Å². The molecule has 0 fully saturated rings. The van der Waals surface area contributed by atoms with Crippen LogP contribution in [0.25, 0.3) is 10.6 Å². The number of nitrogens with zero attached hydrogens (tertiary/aromatic N) is 1. The van der Waals surface area contributed by atoms with Crippen molar-refractivity contribution in [3.05, 3.63) is 94.2 Å². The average Bonchev–Trinajstić information content (AvgIpc) is 3.16. The molecule has 3 heteroatoms. The number of hydrogen-bond acceptors (Lipinski definition) is 2. The topological polar surface area (TPSA) is 12.9 Å². The predicted octanol–water partition coefficient (Wildman–Crippen LogP) is 5.18. The Labute approximate surface area is 184 Å². The van der Waals surface area contributed by atoms with E-state index in [1.54, 1.807) is 0 Å². The first kappa shape index (κ1) is 20.6. The molecule has 0 saturated carbocycles. The van der Waals surface area contributed by atoms with Gasteiger partial charge in [-0.3, -0.25) is 4.98 Å². The van der Waals surface area contributed by atoms with Gasteiger partial charge in [0.05, 0.1) is 10.6 Å². The van der Waals surface area contributed by atoms with Crippen molar-refractivity contribution in [2.24, 2.45) is 0 Å². The van der Waals surface area contributed by atoms with Gasteiger partial charge in [-0.2, -0.15) is 0 Å². The second-order valence-corrected chi connectivity index (χ2v) is 9.59. The first-order valence-corrected chi connectivity index (χ1v) is 11.3. The van der Waals surface area contributed by atoms with E-state index in [1.807, 2.05) is 23.6 Å². The normalized spacial score (nSPS) is 11.0. The minimum atomic E-state index is 0.230. The SMILES string of the molecule is Cc1cc(C)c(B(c2ccc(-c3ccccn3)s2)c2c(C)cc(C)cc2C)c(C)c1. The molecule has 0 spiro atoms. The Morgan fingerprint density at radius 1 is 0.667 bits per heavy atom. The highest BCUT2D eigenvalue weighted by Crippen LogP contribution is 2.22. The van der Waals surface area contributed by atoms with Gasteiger partial charge in [0.1, 0.15) is 0 Å². The van der Waals surface area contributed by atoms with E-state index in [0.29, 0.717) is 0 Å². The third-order valence-electron chi connectivity index (χ3n) is 5.88. The highest BCUT2D eigenvalue weighted by Gasteiger charge is 2.29. The third kappa shape index (κ3) is 3.87. The van der Waals surface area contributed by atoms with Gasteiger partial charge in [-0.15, -0.1) is 11.3 Å². The fourth-order valence-electron chi connectivity index (χ4n) is 4.88. The number of benzene rings is 2. The maximum Gasteiger partial charge on any atom is 0.255 e. The van der Waals surface area contributed by atoms with Gasteiger partial charge in [0.15, 0.2) is 0 Å². The Morgan fingerprint density at radius 2 is 1.20 bits per heavy atom. The molecule has 150 valence electrons. The van der Waals surface area contributed by atoms with E-state index in [-0.39, 0.29) is 6.71 Å². The van der Waals surface area contributed by atoms with Crippen LogP contribution in [0.3, 0.4) is 0 Å². The third-order valence-corrected chi connectivity index (χ3v) is 7.05. The number of aromatic nitrogens is 1. The average molecular weight is 409 g/mol. The van der Waals surface area contributed by atoms with Gasteiger partial charge in [-0.05, 0) is 64.5 Å². The summed E-state index contributed by atoms with van der Waals surface area (Å²) in [5, 5.41) is 0. The minimum Gasteiger partial charge on any atom is -0.255 e. The molecule has 0 aliphatic carbocycles. The molecule has 2 aromatic heterocycles. The Morgan fingerprint density at radius 3 is 1.67 bits per heavy atom. The quantitative estimate of drug-likeness (QED) is 0.424. The van der Waals surface area contributed by atoms with E-state index >= 15 is 0 Å². The first-order valence-electron chi connectivity index (χ1n) is 10.5. The van der Waals surface area contributed by atoms with Crippen molar-refractivity contribution >= 4 is 33.8 Å². The molecule has 30 heavy (non-hydrogen) atoms. The Bertz CT molecular complexity index is 1100. The molecule has 0 bridgehead atoms. The smallest absolute Gasteiger partial charge is 0.255 e. The second kappa shape index (κ2) is 8.24. The van der Waals surface area contributed by atoms with Crippen LogP contribution >= 0.6 is 11.3 Å². The summed E-state index contributed by atoms with van der Waals surface area (Å²) >= 11 is 1.86. The molecular formula is C27H28BNS. The molecule has 0 atom stereocenters. The molecule has 4 aromatic rings. The molecule has 0 amide bonds. The van der Waals surface area contributed by atoms with Gasteiger partial charge in [-0.1, -0.05) is 80.7 Å². The predicted molar refractivity (Wildman–Crippen MR) is 134 cm³/mol. The molecule has 0 saturated heterocycles. The zero-order valence-electron chi connectivity index (χ0n) is 18.7. The van der Waals surface area contributed by atoms with Crippen LogP contribution in [0.15, 0.2) is 60.8 Å². The van der Waals surface area contributed by atoms with Crippen molar-refractivity contribution in [1.29, 1.82) is 0 Å². The van der Waals surface area contributed by atoms with Crippen molar-refractivity contribution in [3.8, 4) is 10.6 Å². The molecule has 0 aliphatic rings. The first-order chi connectivity index (χ1) is 14.3. The zero-order valence-corrected chi connectivity index (χ0v) is 19.5. The summed E-state index contributed by atoms with van der Waals surface area (Å²) < 4.78 is 1.38. The second-order valence-electron chi connectivity index (χ2n) is 8.47. The van der Waals surface area contributed by atoms with Crippen molar-refractivity contribution in [3.63, 3.8) is 0 Å². The molecule has 0 aliphatic heterocycles. The minimum absolute atomic E-state index is 0.230. The van der Waals surface area contributed by atoms with Crippen molar-refractivity contribution in [2.45, 2.75) is 41.5 Å². The monoisotopic (exact) mass is 409 g/mol. The standard InChI is InChI=1S/C27H28BNS/c1-17-13-19(3)26(20(4)14-17)28(27-21(5)15-18(2)16-22(27)6)25-11-10-24(30-25)23-9-7-8-12-29-23/h7-16H,1-6H3. The number of rotatable bonds is 4. The highest BCUT2D eigenvalue weighted by atomic mass is 32.1. The molecule has 4 rings (SSSR count). The molecule has 1 nitrogen and oxygen atoms in total. The number of aryl methyl sites for hydroxylation is 6. The summed E-state index contributed by atoms with van der Waals surface area (Å²) in [6, 6.07) is 19.9. The maximum absolute atomic E-state index is 4.57. The maximum atomic E-state index is 4.57. The van der Waals surface area contributed by atoms with Gasteiger partial charge in [0.2, 0.25) is 0 Å².